The molecular formula is C13H24N2S. The van der Waals surface area contributed by atoms with E-state index in [2.05, 4.69) is 49.5 Å². The SMILES string of the molecule is CCN(CC)CCC(NC)c1sccc1C. The third-order valence-electron chi connectivity index (χ3n) is 3.20. The fourth-order valence-electron chi connectivity index (χ4n) is 2.00. The molecule has 0 amide bonds. The van der Waals surface area contributed by atoms with E-state index in [1.807, 2.05) is 11.3 Å². The zero-order chi connectivity index (χ0) is 12.0. The van der Waals surface area contributed by atoms with E-state index in [0.29, 0.717) is 6.04 Å². The van der Waals surface area contributed by atoms with Crippen molar-refractivity contribution >= 4 is 11.3 Å². The van der Waals surface area contributed by atoms with Crippen LogP contribution in [0.25, 0.3) is 0 Å². The average molecular weight is 240 g/mol. The lowest BCUT2D eigenvalue weighted by molar-refractivity contribution is 0.285. The molecule has 0 radical (unpaired) electrons. The lowest BCUT2D eigenvalue weighted by Crippen LogP contribution is -2.28. The predicted octanol–water partition coefficient (Wildman–Crippen LogP) is 3.05. The maximum atomic E-state index is 3.43. The Morgan fingerprint density at radius 2 is 2.06 bits per heavy atom. The molecule has 2 nitrogen and oxygen atoms in total. The average Bonchev–Trinajstić information content (AvgIpc) is 2.71. The number of rotatable bonds is 7. The van der Waals surface area contributed by atoms with Gasteiger partial charge in [-0.2, -0.15) is 0 Å². The normalized spacial score (nSPS) is 13.3. The fourth-order valence-corrected chi connectivity index (χ4v) is 3.07. The van der Waals surface area contributed by atoms with Crippen LogP contribution in [0.5, 0.6) is 0 Å². The van der Waals surface area contributed by atoms with Gasteiger partial charge in [0.1, 0.15) is 0 Å². The molecule has 1 heterocycles. The van der Waals surface area contributed by atoms with Crippen LogP contribution in [0.15, 0.2) is 11.4 Å². The lowest BCUT2D eigenvalue weighted by atomic mass is 10.1. The lowest BCUT2D eigenvalue weighted by Gasteiger charge is -2.22. The monoisotopic (exact) mass is 240 g/mol. The quantitative estimate of drug-likeness (QED) is 0.788. The number of aryl methyl sites for hydroxylation is 1. The highest BCUT2D eigenvalue weighted by molar-refractivity contribution is 7.10. The summed E-state index contributed by atoms with van der Waals surface area (Å²) >= 11 is 1.87. The molecule has 92 valence electrons. The van der Waals surface area contributed by atoms with Gasteiger partial charge in [-0.05, 0) is 57.0 Å². The molecule has 1 atom stereocenters. The van der Waals surface area contributed by atoms with Crippen LogP contribution < -0.4 is 5.32 Å². The molecule has 0 bridgehead atoms. The van der Waals surface area contributed by atoms with Crippen LogP contribution in [0.2, 0.25) is 0 Å². The smallest absolute Gasteiger partial charge is 0.0427 e. The van der Waals surface area contributed by atoms with Crippen molar-refractivity contribution in [1.29, 1.82) is 0 Å². The minimum atomic E-state index is 0.514. The van der Waals surface area contributed by atoms with Gasteiger partial charge in [0.2, 0.25) is 0 Å². The molecule has 0 saturated heterocycles. The van der Waals surface area contributed by atoms with Crippen LogP contribution in [0, 0.1) is 6.92 Å². The van der Waals surface area contributed by atoms with E-state index in [4.69, 9.17) is 0 Å². The summed E-state index contributed by atoms with van der Waals surface area (Å²) < 4.78 is 0. The van der Waals surface area contributed by atoms with Crippen molar-refractivity contribution in [3.63, 3.8) is 0 Å². The first-order valence-electron chi connectivity index (χ1n) is 6.16. The summed E-state index contributed by atoms with van der Waals surface area (Å²) in [5.41, 5.74) is 1.42. The molecule has 0 saturated carbocycles. The standard InChI is InChI=1S/C13H24N2S/c1-5-15(6-2)9-7-12(14-4)13-11(3)8-10-16-13/h8,10,12,14H,5-7,9H2,1-4H3. The molecule has 1 aromatic rings. The van der Waals surface area contributed by atoms with Gasteiger partial charge in [-0.3, -0.25) is 0 Å². The molecule has 1 unspecified atom stereocenters. The number of nitrogens with one attached hydrogen (secondary N) is 1. The first kappa shape index (κ1) is 13.7. The Morgan fingerprint density at radius 1 is 1.38 bits per heavy atom. The Bertz CT molecular complexity index is 292. The maximum absolute atomic E-state index is 3.43. The van der Waals surface area contributed by atoms with Crippen LogP contribution in [0.1, 0.15) is 36.8 Å². The second-order valence-corrected chi connectivity index (χ2v) is 5.07. The van der Waals surface area contributed by atoms with Crippen LogP contribution in [0.4, 0.5) is 0 Å². The van der Waals surface area contributed by atoms with Gasteiger partial charge in [0.25, 0.3) is 0 Å². The minimum Gasteiger partial charge on any atom is -0.312 e. The molecule has 0 fully saturated rings. The molecule has 0 aliphatic carbocycles. The molecular weight excluding hydrogens is 216 g/mol. The molecule has 0 aliphatic rings. The van der Waals surface area contributed by atoms with E-state index in [1.165, 1.54) is 23.4 Å². The van der Waals surface area contributed by atoms with E-state index in [9.17, 15) is 0 Å². The molecule has 3 heteroatoms. The second-order valence-electron chi connectivity index (χ2n) is 4.12. The molecule has 16 heavy (non-hydrogen) atoms. The van der Waals surface area contributed by atoms with Crippen LogP contribution in [-0.2, 0) is 0 Å². The van der Waals surface area contributed by atoms with Crippen molar-refractivity contribution < 1.29 is 0 Å². The number of hydrogen-bond donors (Lipinski definition) is 1. The Labute approximate surface area is 104 Å². The van der Waals surface area contributed by atoms with E-state index in [0.717, 1.165) is 13.1 Å². The molecule has 0 spiro atoms. The predicted molar refractivity (Wildman–Crippen MR) is 73.3 cm³/mol. The van der Waals surface area contributed by atoms with Gasteiger partial charge in [0.15, 0.2) is 0 Å². The molecule has 0 aliphatic heterocycles. The first-order valence-corrected chi connectivity index (χ1v) is 7.04. The zero-order valence-corrected chi connectivity index (χ0v) is 11.7. The Hall–Kier alpha value is -0.380. The summed E-state index contributed by atoms with van der Waals surface area (Å²) in [6, 6.07) is 2.72. The number of hydrogen-bond acceptors (Lipinski definition) is 3. The summed E-state index contributed by atoms with van der Waals surface area (Å²) in [7, 11) is 2.06. The van der Waals surface area contributed by atoms with Crippen LogP contribution >= 0.6 is 11.3 Å². The number of thiophene rings is 1. The van der Waals surface area contributed by atoms with Gasteiger partial charge in [0, 0.05) is 10.9 Å². The van der Waals surface area contributed by atoms with Gasteiger partial charge < -0.3 is 10.2 Å². The summed E-state index contributed by atoms with van der Waals surface area (Å²) in [5, 5.41) is 5.62. The van der Waals surface area contributed by atoms with E-state index < -0.39 is 0 Å². The van der Waals surface area contributed by atoms with Crippen molar-refractivity contribution in [2.24, 2.45) is 0 Å². The minimum absolute atomic E-state index is 0.514. The first-order chi connectivity index (χ1) is 7.72. The fraction of sp³-hybridized carbons (Fsp3) is 0.692. The van der Waals surface area contributed by atoms with Crippen molar-refractivity contribution in [3.8, 4) is 0 Å². The van der Waals surface area contributed by atoms with Crippen molar-refractivity contribution in [2.75, 3.05) is 26.7 Å². The van der Waals surface area contributed by atoms with E-state index in [-0.39, 0.29) is 0 Å². The van der Waals surface area contributed by atoms with E-state index >= 15 is 0 Å². The van der Waals surface area contributed by atoms with Crippen LogP contribution in [0.3, 0.4) is 0 Å². The van der Waals surface area contributed by atoms with Crippen molar-refractivity contribution in [1.82, 2.24) is 10.2 Å². The van der Waals surface area contributed by atoms with Gasteiger partial charge >= 0.3 is 0 Å². The highest BCUT2D eigenvalue weighted by atomic mass is 32.1. The zero-order valence-electron chi connectivity index (χ0n) is 10.9. The summed E-state index contributed by atoms with van der Waals surface area (Å²) in [4.78, 5) is 3.97. The summed E-state index contributed by atoms with van der Waals surface area (Å²) in [5.74, 6) is 0. The maximum Gasteiger partial charge on any atom is 0.0427 e. The third kappa shape index (κ3) is 3.58. The Morgan fingerprint density at radius 3 is 2.50 bits per heavy atom. The third-order valence-corrected chi connectivity index (χ3v) is 4.33. The second kappa shape index (κ2) is 7.05. The molecule has 1 N–H and O–H groups in total. The highest BCUT2D eigenvalue weighted by Crippen LogP contribution is 2.26. The molecule has 0 aromatic carbocycles. The largest absolute Gasteiger partial charge is 0.312 e. The van der Waals surface area contributed by atoms with Gasteiger partial charge in [-0.1, -0.05) is 13.8 Å². The Kier molecular flexibility index (Phi) is 6.03. The summed E-state index contributed by atoms with van der Waals surface area (Å²) in [6.45, 7) is 10.1. The topological polar surface area (TPSA) is 15.3 Å². The molecule has 1 rings (SSSR count). The Balaban J connectivity index is 2.53. The van der Waals surface area contributed by atoms with Crippen molar-refractivity contribution in [3.05, 3.63) is 21.9 Å². The van der Waals surface area contributed by atoms with Gasteiger partial charge in [0.05, 0.1) is 0 Å². The van der Waals surface area contributed by atoms with Gasteiger partial charge in [-0.25, -0.2) is 0 Å². The number of nitrogens with zero attached hydrogens (tertiary/aromatic N) is 1. The van der Waals surface area contributed by atoms with E-state index in [1.54, 1.807) is 0 Å². The summed E-state index contributed by atoms with van der Waals surface area (Å²) in [6.07, 6.45) is 1.19. The van der Waals surface area contributed by atoms with Gasteiger partial charge in [-0.15, -0.1) is 11.3 Å². The molecule has 1 aromatic heterocycles. The van der Waals surface area contributed by atoms with Crippen molar-refractivity contribution in [2.45, 2.75) is 33.2 Å². The van der Waals surface area contributed by atoms with Crippen LogP contribution in [-0.4, -0.2) is 31.6 Å². The highest BCUT2D eigenvalue weighted by Gasteiger charge is 2.13.